The summed E-state index contributed by atoms with van der Waals surface area (Å²) in [4.78, 5) is 2.54. The van der Waals surface area contributed by atoms with Crippen LogP contribution in [0.2, 0.25) is 0 Å². The quantitative estimate of drug-likeness (QED) is 0.835. The Balaban J connectivity index is 1.59. The van der Waals surface area contributed by atoms with Gasteiger partial charge in [0.05, 0.1) is 24.5 Å². The van der Waals surface area contributed by atoms with Crippen LogP contribution >= 0.6 is 0 Å². The highest BCUT2D eigenvalue weighted by Gasteiger charge is 2.40. The van der Waals surface area contributed by atoms with E-state index in [9.17, 15) is 0 Å². The van der Waals surface area contributed by atoms with Crippen LogP contribution in [-0.2, 0) is 16.0 Å². The van der Waals surface area contributed by atoms with Gasteiger partial charge in [0.2, 0.25) is 0 Å². The van der Waals surface area contributed by atoms with Crippen molar-refractivity contribution in [1.29, 1.82) is 0 Å². The molecular weight excluding hydrogens is 268 g/mol. The van der Waals surface area contributed by atoms with Crippen LogP contribution in [0.3, 0.4) is 0 Å². The van der Waals surface area contributed by atoms with Crippen LogP contribution < -0.4 is 0 Å². The smallest absolute Gasteiger partial charge is 0.138 e. The molecule has 0 aliphatic carbocycles. The molecule has 0 radical (unpaired) electrons. The highest BCUT2D eigenvalue weighted by molar-refractivity contribution is 5.21. The lowest BCUT2D eigenvalue weighted by Gasteiger charge is -2.36. The third-order valence-corrected chi connectivity index (χ3v) is 4.80. The fourth-order valence-electron chi connectivity index (χ4n) is 3.58. The maximum absolute atomic E-state index is 6.22. The van der Waals surface area contributed by atoms with Gasteiger partial charge in [-0.2, -0.15) is 0 Å². The van der Waals surface area contributed by atoms with Crippen molar-refractivity contribution < 1.29 is 14.0 Å². The first-order valence-electron chi connectivity index (χ1n) is 8.08. The molecule has 1 aromatic rings. The molecule has 3 atom stereocenters. The van der Waals surface area contributed by atoms with Gasteiger partial charge in [0, 0.05) is 31.3 Å². The molecule has 0 unspecified atom stereocenters. The first-order valence-corrected chi connectivity index (χ1v) is 8.08. The molecular formula is C16H26N2O3. The van der Waals surface area contributed by atoms with Crippen molar-refractivity contribution in [2.24, 2.45) is 0 Å². The molecule has 0 amide bonds. The number of hydrogen-bond donors (Lipinski definition) is 0. The second-order valence-corrected chi connectivity index (χ2v) is 6.16. The minimum Gasteiger partial charge on any atom is -0.379 e. The summed E-state index contributed by atoms with van der Waals surface area (Å²) in [5.41, 5.74) is 2.26. The number of hydrogen-bond acceptors (Lipinski definition) is 5. The SMILES string of the molecule is CCOC[C@H]1CC[C@H]2[C@H](CCN2Cc2c(C)noc2C)O1. The predicted octanol–water partition coefficient (Wildman–Crippen LogP) is 2.45. The third kappa shape index (κ3) is 3.15. The van der Waals surface area contributed by atoms with Gasteiger partial charge in [-0.15, -0.1) is 0 Å². The van der Waals surface area contributed by atoms with E-state index in [4.69, 9.17) is 14.0 Å². The van der Waals surface area contributed by atoms with Gasteiger partial charge in [0.1, 0.15) is 5.76 Å². The van der Waals surface area contributed by atoms with E-state index in [1.807, 2.05) is 20.8 Å². The molecule has 0 spiro atoms. The van der Waals surface area contributed by atoms with E-state index in [1.165, 1.54) is 12.0 Å². The Kier molecular flexibility index (Phi) is 4.62. The number of likely N-dealkylation sites (tertiary alicyclic amines) is 1. The molecule has 0 saturated carbocycles. The van der Waals surface area contributed by atoms with Gasteiger partial charge >= 0.3 is 0 Å². The Hall–Kier alpha value is -0.910. The van der Waals surface area contributed by atoms with E-state index >= 15 is 0 Å². The second kappa shape index (κ2) is 6.46. The largest absolute Gasteiger partial charge is 0.379 e. The zero-order valence-electron chi connectivity index (χ0n) is 13.3. The van der Waals surface area contributed by atoms with Crippen LogP contribution in [0.1, 0.15) is 43.2 Å². The second-order valence-electron chi connectivity index (χ2n) is 6.16. The lowest BCUT2D eigenvalue weighted by Crippen LogP contribution is -2.43. The van der Waals surface area contributed by atoms with Crippen molar-refractivity contribution >= 4 is 0 Å². The predicted molar refractivity (Wildman–Crippen MR) is 79.2 cm³/mol. The van der Waals surface area contributed by atoms with Crippen LogP contribution in [0.15, 0.2) is 4.52 Å². The molecule has 0 N–H and O–H groups in total. The summed E-state index contributed by atoms with van der Waals surface area (Å²) >= 11 is 0. The maximum atomic E-state index is 6.22. The van der Waals surface area contributed by atoms with E-state index in [0.717, 1.165) is 50.6 Å². The van der Waals surface area contributed by atoms with Crippen molar-refractivity contribution in [3.05, 3.63) is 17.0 Å². The van der Waals surface area contributed by atoms with E-state index in [1.54, 1.807) is 0 Å². The van der Waals surface area contributed by atoms with Crippen molar-refractivity contribution in [2.75, 3.05) is 19.8 Å². The van der Waals surface area contributed by atoms with Crippen LogP contribution in [-0.4, -0.2) is 48.1 Å². The summed E-state index contributed by atoms with van der Waals surface area (Å²) in [7, 11) is 0. The monoisotopic (exact) mass is 294 g/mol. The van der Waals surface area contributed by atoms with Crippen LogP contribution in [0.4, 0.5) is 0 Å². The Morgan fingerprint density at radius 3 is 2.86 bits per heavy atom. The van der Waals surface area contributed by atoms with Crippen molar-refractivity contribution in [2.45, 2.75) is 64.8 Å². The minimum absolute atomic E-state index is 0.283. The molecule has 2 aliphatic rings. The fourth-order valence-corrected chi connectivity index (χ4v) is 3.58. The first kappa shape index (κ1) is 15.0. The molecule has 0 bridgehead atoms. The van der Waals surface area contributed by atoms with Crippen molar-refractivity contribution in [3.63, 3.8) is 0 Å². The van der Waals surface area contributed by atoms with Crippen molar-refractivity contribution in [1.82, 2.24) is 10.1 Å². The molecule has 118 valence electrons. The summed E-state index contributed by atoms with van der Waals surface area (Å²) < 4.78 is 17.0. The molecule has 5 nitrogen and oxygen atoms in total. The van der Waals surface area contributed by atoms with Crippen molar-refractivity contribution in [3.8, 4) is 0 Å². The molecule has 3 rings (SSSR count). The van der Waals surface area contributed by atoms with Gasteiger partial charge in [-0.3, -0.25) is 4.90 Å². The first-order chi connectivity index (χ1) is 10.2. The Morgan fingerprint density at radius 2 is 2.14 bits per heavy atom. The highest BCUT2D eigenvalue weighted by Crippen LogP contribution is 2.33. The third-order valence-electron chi connectivity index (χ3n) is 4.80. The molecule has 3 heterocycles. The zero-order chi connectivity index (χ0) is 14.8. The summed E-state index contributed by atoms with van der Waals surface area (Å²) in [5.74, 6) is 0.946. The Labute approximate surface area is 126 Å². The number of aryl methyl sites for hydroxylation is 2. The average Bonchev–Trinajstić information content (AvgIpc) is 3.03. The van der Waals surface area contributed by atoms with Gasteiger partial charge in [0.15, 0.2) is 0 Å². The Morgan fingerprint density at radius 1 is 1.29 bits per heavy atom. The van der Waals surface area contributed by atoms with Gasteiger partial charge < -0.3 is 14.0 Å². The summed E-state index contributed by atoms with van der Waals surface area (Å²) in [5, 5.41) is 4.06. The summed E-state index contributed by atoms with van der Waals surface area (Å²) in [6.07, 6.45) is 4.07. The van der Waals surface area contributed by atoms with Gasteiger partial charge in [-0.25, -0.2) is 0 Å². The van der Waals surface area contributed by atoms with Gasteiger partial charge in [-0.05, 0) is 40.0 Å². The molecule has 5 heteroatoms. The maximum Gasteiger partial charge on any atom is 0.138 e. The van der Waals surface area contributed by atoms with Crippen LogP contribution in [0.5, 0.6) is 0 Å². The zero-order valence-corrected chi connectivity index (χ0v) is 13.3. The lowest BCUT2D eigenvalue weighted by molar-refractivity contribution is -0.0986. The van der Waals surface area contributed by atoms with Crippen LogP contribution in [0, 0.1) is 13.8 Å². The number of nitrogens with zero attached hydrogens (tertiary/aromatic N) is 2. The molecule has 0 aromatic carbocycles. The van der Waals surface area contributed by atoms with E-state index in [0.29, 0.717) is 12.1 Å². The number of fused-ring (bicyclic) bond motifs is 1. The standard InChI is InChI=1S/C16H26N2O3/c1-4-19-10-13-5-6-15-16(20-13)7-8-18(15)9-14-11(2)17-21-12(14)3/h13,15-16H,4-10H2,1-3H3/t13-,15+,16+/m1/s1. The summed E-state index contributed by atoms with van der Waals surface area (Å²) in [6, 6.07) is 0.538. The van der Waals surface area contributed by atoms with E-state index < -0.39 is 0 Å². The molecule has 21 heavy (non-hydrogen) atoms. The number of ether oxygens (including phenoxy) is 2. The normalized spacial score (nSPS) is 29.8. The van der Waals surface area contributed by atoms with Crippen LogP contribution in [0.25, 0.3) is 0 Å². The molecule has 2 saturated heterocycles. The number of rotatable bonds is 5. The van der Waals surface area contributed by atoms with E-state index in [2.05, 4.69) is 10.1 Å². The molecule has 2 fully saturated rings. The molecule has 1 aromatic heterocycles. The molecule has 2 aliphatic heterocycles. The summed E-state index contributed by atoms with van der Waals surface area (Å²) in [6.45, 7) is 9.60. The topological polar surface area (TPSA) is 47.7 Å². The highest BCUT2D eigenvalue weighted by atomic mass is 16.5. The average molecular weight is 294 g/mol. The minimum atomic E-state index is 0.283. The lowest BCUT2D eigenvalue weighted by atomic mass is 9.99. The van der Waals surface area contributed by atoms with E-state index in [-0.39, 0.29) is 6.10 Å². The van der Waals surface area contributed by atoms with Gasteiger partial charge in [0.25, 0.3) is 0 Å². The van der Waals surface area contributed by atoms with Gasteiger partial charge in [-0.1, -0.05) is 5.16 Å². The Bertz CT molecular complexity index is 455. The number of aromatic nitrogens is 1. The fraction of sp³-hybridized carbons (Fsp3) is 0.812.